The first-order valence-electron chi connectivity index (χ1n) is 7.82. The minimum atomic E-state index is -1.75. The Balaban J connectivity index is 0. The van der Waals surface area contributed by atoms with Crippen LogP contribution in [0.4, 0.5) is 22.0 Å². The van der Waals surface area contributed by atoms with E-state index in [1.807, 2.05) is 27.7 Å². The van der Waals surface area contributed by atoms with Crippen LogP contribution >= 0.6 is 0 Å². The van der Waals surface area contributed by atoms with Gasteiger partial charge in [-0.1, -0.05) is 54.4 Å². The summed E-state index contributed by atoms with van der Waals surface area (Å²) in [5.74, 6) is -6.45. The summed E-state index contributed by atoms with van der Waals surface area (Å²) >= 11 is 0. The van der Waals surface area contributed by atoms with Crippen molar-refractivity contribution in [3.63, 3.8) is 0 Å². The first kappa shape index (κ1) is 24.1. The summed E-state index contributed by atoms with van der Waals surface area (Å²) in [6.45, 7) is 11.8. The third-order valence-corrected chi connectivity index (χ3v) is 3.13. The lowest BCUT2D eigenvalue weighted by molar-refractivity contribution is 0.288. The van der Waals surface area contributed by atoms with Crippen LogP contribution in [0.3, 0.4) is 0 Å². The zero-order chi connectivity index (χ0) is 18.8. The van der Waals surface area contributed by atoms with Gasteiger partial charge in [0.05, 0.1) is 7.18 Å². The fourth-order valence-corrected chi connectivity index (χ4v) is 2.19. The predicted octanol–water partition coefficient (Wildman–Crippen LogP) is 7.17. The van der Waals surface area contributed by atoms with Gasteiger partial charge in [0.1, 0.15) is 0 Å². The van der Waals surface area contributed by atoms with Gasteiger partial charge in [0, 0.05) is 0 Å². The van der Waals surface area contributed by atoms with Gasteiger partial charge in [0.25, 0.3) is 0 Å². The summed E-state index contributed by atoms with van der Waals surface area (Å²) in [5.41, 5.74) is -0.436. The van der Waals surface area contributed by atoms with Crippen molar-refractivity contribution in [1.29, 1.82) is 0 Å². The zero-order valence-electron chi connectivity index (χ0n) is 15.2. The van der Waals surface area contributed by atoms with E-state index in [0.717, 1.165) is 12.5 Å². The molecular formula is C18H29F5. The molecule has 0 spiro atoms. The smallest absolute Gasteiger partial charge is 0.197 e. The predicted molar refractivity (Wildman–Crippen MR) is 86.4 cm³/mol. The van der Waals surface area contributed by atoms with Crippen LogP contribution in [0.25, 0.3) is 0 Å². The molecule has 1 rings (SSSR count). The van der Waals surface area contributed by atoms with E-state index < -0.39 is 23.3 Å². The third-order valence-electron chi connectivity index (χ3n) is 3.13. The molecule has 1 aromatic rings. The second-order valence-corrected chi connectivity index (χ2v) is 6.30. The second kappa shape index (κ2) is 11.4. The standard InChI is InChI=1S/C14H18F4.C3H8.CH3F/c1-5-6-9(14(2,3)4)8-7-10(15)12(17)13(18)11(8)16;1-3-2;1-2/h7,9H,5-6H2,1-4H3;3H2,1-2H3;1H3. The number of rotatable bonds is 3. The number of hydrogen-bond donors (Lipinski definition) is 0. The molecule has 0 aromatic heterocycles. The van der Waals surface area contributed by atoms with E-state index in [2.05, 4.69) is 13.8 Å². The number of hydrogen-bond acceptors (Lipinski definition) is 0. The maximum atomic E-state index is 13.8. The minimum Gasteiger partial charge on any atom is -0.255 e. The molecule has 0 saturated heterocycles. The van der Waals surface area contributed by atoms with Gasteiger partial charge < -0.3 is 0 Å². The molecule has 0 radical (unpaired) electrons. The Morgan fingerprint density at radius 1 is 0.870 bits per heavy atom. The highest BCUT2D eigenvalue weighted by atomic mass is 19.2. The van der Waals surface area contributed by atoms with Gasteiger partial charge in [-0.15, -0.1) is 0 Å². The van der Waals surface area contributed by atoms with Crippen LogP contribution in [-0.2, 0) is 0 Å². The molecule has 0 aliphatic rings. The van der Waals surface area contributed by atoms with Crippen LogP contribution in [-0.4, -0.2) is 7.18 Å². The first-order chi connectivity index (χ1) is 10.6. The fraction of sp³-hybridized carbons (Fsp3) is 0.667. The zero-order valence-corrected chi connectivity index (χ0v) is 15.2. The Morgan fingerprint density at radius 3 is 1.65 bits per heavy atom. The average molecular weight is 340 g/mol. The molecule has 0 saturated carbocycles. The number of alkyl halides is 1. The van der Waals surface area contributed by atoms with Gasteiger partial charge in [-0.05, 0) is 29.4 Å². The Labute approximate surface area is 137 Å². The lowest BCUT2D eigenvalue weighted by Crippen LogP contribution is -2.20. The summed E-state index contributed by atoms with van der Waals surface area (Å²) in [7, 11) is 0.500. The molecule has 1 atom stereocenters. The first-order valence-corrected chi connectivity index (χ1v) is 7.82. The molecule has 0 amide bonds. The van der Waals surface area contributed by atoms with Gasteiger partial charge in [-0.2, -0.15) is 0 Å². The van der Waals surface area contributed by atoms with Gasteiger partial charge in [-0.3, -0.25) is 4.39 Å². The lowest BCUT2D eigenvalue weighted by atomic mass is 9.74. The van der Waals surface area contributed by atoms with E-state index in [-0.39, 0.29) is 16.9 Å². The van der Waals surface area contributed by atoms with E-state index in [1.165, 1.54) is 6.42 Å². The summed E-state index contributed by atoms with van der Waals surface area (Å²) in [6, 6.07) is 0.777. The molecule has 1 aromatic carbocycles. The quantitative estimate of drug-likeness (QED) is 0.311. The van der Waals surface area contributed by atoms with Gasteiger partial charge in [0.15, 0.2) is 23.3 Å². The molecule has 0 aliphatic heterocycles. The van der Waals surface area contributed by atoms with Crippen LogP contribution < -0.4 is 0 Å². The van der Waals surface area contributed by atoms with Crippen molar-refractivity contribution in [3.8, 4) is 0 Å². The minimum absolute atomic E-state index is 0.0826. The van der Waals surface area contributed by atoms with Crippen molar-refractivity contribution in [1.82, 2.24) is 0 Å². The molecule has 23 heavy (non-hydrogen) atoms. The van der Waals surface area contributed by atoms with Crippen molar-refractivity contribution < 1.29 is 22.0 Å². The Kier molecular flexibility index (Phi) is 12.0. The Hall–Kier alpha value is -1.13. The topological polar surface area (TPSA) is 0 Å². The monoisotopic (exact) mass is 340 g/mol. The van der Waals surface area contributed by atoms with E-state index in [0.29, 0.717) is 13.6 Å². The van der Waals surface area contributed by atoms with Crippen LogP contribution in [0.5, 0.6) is 0 Å². The highest BCUT2D eigenvalue weighted by Gasteiger charge is 2.31. The van der Waals surface area contributed by atoms with Crippen LogP contribution in [0.15, 0.2) is 6.07 Å². The largest absolute Gasteiger partial charge is 0.255 e. The molecule has 1 unspecified atom stereocenters. The summed E-state index contributed by atoms with van der Waals surface area (Å²) < 4.78 is 62.7. The maximum absolute atomic E-state index is 13.8. The molecular weight excluding hydrogens is 311 g/mol. The second-order valence-electron chi connectivity index (χ2n) is 6.30. The number of benzene rings is 1. The van der Waals surface area contributed by atoms with Crippen molar-refractivity contribution in [3.05, 3.63) is 34.9 Å². The number of halogens is 5. The van der Waals surface area contributed by atoms with E-state index in [1.54, 1.807) is 0 Å². The summed E-state index contributed by atoms with van der Waals surface area (Å²) in [4.78, 5) is 0. The summed E-state index contributed by atoms with van der Waals surface area (Å²) in [6.07, 6.45) is 2.59. The fourth-order valence-electron chi connectivity index (χ4n) is 2.19. The maximum Gasteiger partial charge on any atom is 0.197 e. The third kappa shape index (κ3) is 7.32. The molecule has 0 bridgehead atoms. The van der Waals surface area contributed by atoms with Crippen LogP contribution in [0.1, 0.15) is 72.3 Å². The molecule has 0 fully saturated rings. The molecule has 0 heterocycles. The molecule has 5 heteroatoms. The Morgan fingerprint density at radius 2 is 1.30 bits per heavy atom. The average Bonchev–Trinajstić information content (AvgIpc) is 2.48. The molecule has 0 N–H and O–H groups in total. The molecule has 136 valence electrons. The van der Waals surface area contributed by atoms with Crippen molar-refractivity contribution in [2.75, 3.05) is 7.18 Å². The molecule has 0 nitrogen and oxygen atoms in total. The SMILES string of the molecule is CCC.CCCC(c1cc(F)c(F)c(F)c1F)C(C)(C)C.CF. The van der Waals surface area contributed by atoms with Gasteiger partial charge in [-0.25, -0.2) is 17.6 Å². The van der Waals surface area contributed by atoms with Crippen molar-refractivity contribution in [2.24, 2.45) is 5.41 Å². The highest BCUT2D eigenvalue weighted by molar-refractivity contribution is 5.26. The van der Waals surface area contributed by atoms with Crippen molar-refractivity contribution in [2.45, 2.75) is 66.7 Å². The summed E-state index contributed by atoms with van der Waals surface area (Å²) in [5, 5.41) is 0. The van der Waals surface area contributed by atoms with Crippen LogP contribution in [0, 0.1) is 28.7 Å². The highest BCUT2D eigenvalue weighted by Crippen LogP contribution is 2.40. The Bertz CT molecular complexity index is 450. The van der Waals surface area contributed by atoms with Gasteiger partial charge >= 0.3 is 0 Å². The van der Waals surface area contributed by atoms with E-state index in [4.69, 9.17) is 0 Å². The van der Waals surface area contributed by atoms with E-state index in [9.17, 15) is 22.0 Å². The normalized spacial score (nSPS) is 11.8. The van der Waals surface area contributed by atoms with Gasteiger partial charge in [0.2, 0.25) is 0 Å². The van der Waals surface area contributed by atoms with Crippen LogP contribution in [0.2, 0.25) is 0 Å². The van der Waals surface area contributed by atoms with Crippen molar-refractivity contribution >= 4 is 0 Å². The lowest BCUT2D eigenvalue weighted by Gasteiger charge is -2.31. The van der Waals surface area contributed by atoms with E-state index >= 15 is 0 Å². The molecule has 0 aliphatic carbocycles.